The quantitative estimate of drug-likeness (QED) is 0.833. The van der Waals surface area contributed by atoms with Gasteiger partial charge in [-0.25, -0.2) is 0 Å². The van der Waals surface area contributed by atoms with Crippen molar-refractivity contribution < 1.29 is 9.53 Å². The molecule has 1 amide bonds. The molecular weight excluding hydrogens is 367 g/mol. The molecule has 2 aromatic rings. The van der Waals surface area contributed by atoms with E-state index in [1.165, 1.54) is 7.11 Å². The van der Waals surface area contributed by atoms with Crippen LogP contribution in [0.15, 0.2) is 42.5 Å². The van der Waals surface area contributed by atoms with E-state index in [-0.39, 0.29) is 5.91 Å². The number of carbonyl (C=O) groups is 1. The van der Waals surface area contributed by atoms with Crippen LogP contribution in [0.3, 0.4) is 0 Å². The fourth-order valence-corrected chi connectivity index (χ4v) is 2.23. The number of hydrogen-bond acceptors (Lipinski definition) is 3. The molecule has 0 atom stereocenters. The summed E-state index contributed by atoms with van der Waals surface area (Å²) in [7, 11) is 1.50. The van der Waals surface area contributed by atoms with Gasteiger partial charge in [0.15, 0.2) is 0 Å². The highest BCUT2D eigenvalue weighted by Gasteiger charge is 2.10. The number of benzene rings is 2. The average molecular weight is 378 g/mol. The lowest BCUT2D eigenvalue weighted by atomic mass is 10.1. The van der Waals surface area contributed by atoms with E-state index >= 15 is 0 Å². The lowest BCUT2D eigenvalue weighted by Gasteiger charge is -2.10. The minimum Gasteiger partial charge on any atom is -0.495 e. The van der Waals surface area contributed by atoms with Gasteiger partial charge in [0.25, 0.3) is 5.91 Å². The highest BCUT2D eigenvalue weighted by Crippen LogP contribution is 2.26. The minimum atomic E-state index is -0.216. The first-order chi connectivity index (χ1) is 9.63. The van der Waals surface area contributed by atoms with Gasteiger partial charge in [-0.05, 0) is 52.9 Å². The highest BCUT2D eigenvalue weighted by atomic mass is 127. The Bertz CT molecular complexity index is 693. The molecule has 0 aromatic heterocycles. The lowest BCUT2D eigenvalue weighted by molar-refractivity contribution is 0.102. The molecule has 0 saturated carbocycles. The molecule has 0 aliphatic carbocycles. The van der Waals surface area contributed by atoms with Crippen LogP contribution < -0.4 is 10.1 Å². The number of carbonyl (C=O) groups excluding carboxylic acids is 1. The summed E-state index contributed by atoms with van der Waals surface area (Å²) in [6.45, 7) is 0. The first-order valence-electron chi connectivity index (χ1n) is 5.79. The van der Waals surface area contributed by atoms with Crippen LogP contribution in [0.4, 0.5) is 5.69 Å². The van der Waals surface area contributed by atoms with Gasteiger partial charge in [0.2, 0.25) is 0 Å². The van der Waals surface area contributed by atoms with Gasteiger partial charge in [-0.2, -0.15) is 5.26 Å². The summed E-state index contributed by atoms with van der Waals surface area (Å²) in [5.41, 5.74) is 1.59. The summed E-state index contributed by atoms with van der Waals surface area (Å²) in [6.07, 6.45) is 0. The van der Waals surface area contributed by atoms with E-state index in [1.807, 2.05) is 18.2 Å². The zero-order valence-electron chi connectivity index (χ0n) is 10.7. The van der Waals surface area contributed by atoms with E-state index in [0.29, 0.717) is 22.6 Å². The number of amides is 1. The van der Waals surface area contributed by atoms with Crippen molar-refractivity contribution in [3.05, 3.63) is 57.2 Å². The van der Waals surface area contributed by atoms with Crippen molar-refractivity contribution in [2.24, 2.45) is 0 Å². The zero-order chi connectivity index (χ0) is 14.5. The molecule has 1 N–H and O–H groups in total. The largest absolute Gasteiger partial charge is 0.495 e. The number of methoxy groups -OCH3 is 1. The van der Waals surface area contributed by atoms with Crippen LogP contribution in [-0.2, 0) is 0 Å². The summed E-state index contributed by atoms with van der Waals surface area (Å²) in [4.78, 5) is 12.2. The fourth-order valence-electron chi connectivity index (χ4n) is 1.69. The summed E-state index contributed by atoms with van der Waals surface area (Å²) < 4.78 is 6.17. The Hall–Kier alpha value is -2.07. The first-order valence-corrected chi connectivity index (χ1v) is 6.87. The maximum Gasteiger partial charge on any atom is 0.255 e. The van der Waals surface area contributed by atoms with Crippen molar-refractivity contribution in [2.75, 3.05) is 12.4 Å². The molecule has 0 spiro atoms. The van der Waals surface area contributed by atoms with Gasteiger partial charge in [-0.15, -0.1) is 0 Å². The van der Waals surface area contributed by atoms with Gasteiger partial charge in [0.05, 0.1) is 24.4 Å². The van der Waals surface area contributed by atoms with Crippen molar-refractivity contribution in [3.63, 3.8) is 0 Å². The topological polar surface area (TPSA) is 62.1 Å². The molecular formula is C15H11IN2O2. The predicted octanol–water partition coefficient (Wildman–Crippen LogP) is 3.42. The maximum absolute atomic E-state index is 12.2. The Balaban J connectivity index is 2.26. The highest BCUT2D eigenvalue weighted by molar-refractivity contribution is 14.1. The molecule has 0 fully saturated rings. The number of nitrogens with one attached hydrogen (secondary N) is 1. The van der Waals surface area contributed by atoms with Gasteiger partial charge in [-0.1, -0.05) is 6.07 Å². The zero-order valence-corrected chi connectivity index (χ0v) is 12.8. The van der Waals surface area contributed by atoms with Crippen molar-refractivity contribution in [1.82, 2.24) is 0 Å². The second-order valence-corrected chi connectivity index (χ2v) is 5.24. The van der Waals surface area contributed by atoms with Crippen LogP contribution in [0.1, 0.15) is 15.9 Å². The van der Waals surface area contributed by atoms with E-state index in [4.69, 9.17) is 10.00 Å². The third kappa shape index (κ3) is 3.27. The Morgan fingerprint density at radius 3 is 2.75 bits per heavy atom. The van der Waals surface area contributed by atoms with Crippen molar-refractivity contribution >= 4 is 34.2 Å². The third-order valence-corrected chi connectivity index (χ3v) is 3.34. The van der Waals surface area contributed by atoms with E-state index in [9.17, 15) is 4.79 Å². The van der Waals surface area contributed by atoms with E-state index in [1.54, 1.807) is 30.3 Å². The number of rotatable bonds is 3. The average Bonchev–Trinajstić information content (AvgIpc) is 2.47. The van der Waals surface area contributed by atoms with Gasteiger partial charge in [-0.3, -0.25) is 4.79 Å². The van der Waals surface area contributed by atoms with Crippen LogP contribution in [-0.4, -0.2) is 13.0 Å². The van der Waals surface area contributed by atoms with Crippen molar-refractivity contribution in [1.29, 1.82) is 5.26 Å². The van der Waals surface area contributed by atoms with E-state index < -0.39 is 0 Å². The van der Waals surface area contributed by atoms with Crippen molar-refractivity contribution in [2.45, 2.75) is 0 Å². The molecule has 0 aliphatic rings. The molecule has 2 rings (SSSR count). The second kappa shape index (κ2) is 6.39. The monoisotopic (exact) mass is 378 g/mol. The molecule has 0 bridgehead atoms. The van der Waals surface area contributed by atoms with E-state index in [0.717, 1.165) is 3.57 Å². The number of ether oxygens (including phenoxy) is 1. The van der Waals surface area contributed by atoms with Gasteiger partial charge < -0.3 is 10.1 Å². The fraction of sp³-hybridized carbons (Fsp3) is 0.0667. The van der Waals surface area contributed by atoms with Crippen LogP contribution >= 0.6 is 22.6 Å². The number of nitriles is 1. The summed E-state index contributed by atoms with van der Waals surface area (Å²) in [5, 5.41) is 11.6. The standard InChI is InChI=1S/C15H11IN2O2/c1-20-14-7-10(9-17)5-6-13(14)18-15(19)11-3-2-4-12(16)8-11/h2-8H,1H3,(H,18,19). The molecule has 0 aliphatic heterocycles. The summed E-state index contributed by atoms with van der Waals surface area (Å²) in [5.74, 6) is 0.245. The van der Waals surface area contributed by atoms with Crippen LogP contribution in [0, 0.1) is 14.9 Å². The Morgan fingerprint density at radius 1 is 1.30 bits per heavy atom. The normalized spacial score (nSPS) is 9.65. The number of hydrogen-bond donors (Lipinski definition) is 1. The van der Waals surface area contributed by atoms with Gasteiger partial charge in [0.1, 0.15) is 5.75 Å². The van der Waals surface area contributed by atoms with Crippen LogP contribution in [0.25, 0.3) is 0 Å². The van der Waals surface area contributed by atoms with E-state index in [2.05, 4.69) is 27.9 Å². The van der Waals surface area contributed by atoms with Gasteiger partial charge >= 0.3 is 0 Å². The second-order valence-electron chi connectivity index (χ2n) is 3.99. The summed E-state index contributed by atoms with van der Waals surface area (Å²) in [6, 6.07) is 14.2. The smallest absolute Gasteiger partial charge is 0.255 e. The summed E-state index contributed by atoms with van der Waals surface area (Å²) >= 11 is 2.15. The molecule has 2 aromatic carbocycles. The molecule has 0 heterocycles. The number of halogens is 1. The number of nitrogens with zero attached hydrogens (tertiary/aromatic N) is 1. The maximum atomic E-state index is 12.2. The Kier molecular flexibility index (Phi) is 4.58. The number of anilines is 1. The molecule has 0 unspecified atom stereocenters. The first kappa shape index (κ1) is 14.3. The van der Waals surface area contributed by atoms with Crippen molar-refractivity contribution in [3.8, 4) is 11.8 Å². The third-order valence-electron chi connectivity index (χ3n) is 2.67. The molecule has 5 heteroatoms. The lowest BCUT2D eigenvalue weighted by Crippen LogP contribution is -2.12. The minimum absolute atomic E-state index is 0.216. The molecule has 0 radical (unpaired) electrons. The Morgan fingerprint density at radius 2 is 2.10 bits per heavy atom. The molecule has 0 saturated heterocycles. The van der Waals surface area contributed by atoms with Crippen LogP contribution in [0.2, 0.25) is 0 Å². The Labute approximate surface area is 130 Å². The van der Waals surface area contributed by atoms with Gasteiger partial charge in [0, 0.05) is 15.2 Å². The SMILES string of the molecule is COc1cc(C#N)ccc1NC(=O)c1cccc(I)c1. The molecule has 4 nitrogen and oxygen atoms in total. The predicted molar refractivity (Wildman–Crippen MR) is 84.8 cm³/mol. The molecule has 100 valence electrons. The molecule has 20 heavy (non-hydrogen) atoms. The van der Waals surface area contributed by atoms with Crippen LogP contribution in [0.5, 0.6) is 5.75 Å².